The van der Waals surface area contributed by atoms with E-state index in [2.05, 4.69) is 0 Å². The normalized spacial score (nSPS) is 13.3. The van der Waals surface area contributed by atoms with Crippen LogP contribution in [0.4, 0.5) is 0 Å². The maximum absolute atomic E-state index is 5.77. The smallest absolute Gasteiger partial charge is 0.123 e. The average Bonchev–Trinajstić information content (AvgIpc) is 2.33. The first-order valence-corrected chi connectivity index (χ1v) is 3.96. The summed E-state index contributed by atoms with van der Waals surface area (Å²) in [6, 6.07) is 1.81. The number of rotatable bonds is 3. The summed E-state index contributed by atoms with van der Waals surface area (Å²) >= 11 is 0. The van der Waals surface area contributed by atoms with Gasteiger partial charge < -0.3 is 14.9 Å². The SMILES string of the molecule is COCC(N)c1cc(C)c(C)o1. The molecule has 0 spiro atoms. The molecule has 12 heavy (non-hydrogen) atoms. The van der Waals surface area contributed by atoms with Gasteiger partial charge in [-0.3, -0.25) is 0 Å². The molecule has 0 aliphatic carbocycles. The van der Waals surface area contributed by atoms with Crippen LogP contribution in [-0.4, -0.2) is 13.7 Å². The summed E-state index contributed by atoms with van der Waals surface area (Å²) in [6.07, 6.45) is 0. The Kier molecular flexibility index (Phi) is 2.89. The van der Waals surface area contributed by atoms with Crippen molar-refractivity contribution in [3.8, 4) is 0 Å². The van der Waals surface area contributed by atoms with Crippen molar-refractivity contribution < 1.29 is 9.15 Å². The van der Waals surface area contributed by atoms with E-state index < -0.39 is 0 Å². The van der Waals surface area contributed by atoms with Gasteiger partial charge in [0.05, 0.1) is 12.6 Å². The molecule has 0 fully saturated rings. The van der Waals surface area contributed by atoms with Crippen LogP contribution < -0.4 is 5.73 Å². The number of hydrogen-bond donors (Lipinski definition) is 1. The van der Waals surface area contributed by atoms with Crippen LogP contribution in [0.25, 0.3) is 0 Å². The van der Waals surface area contributed by atoms with Gasteiger partial charge in [0.15, 0.2) is 0 Å². The van der Waals surface area contributed by atoms with Crippen LogP contribution in [0.3, 0.4) is 0 Å². The van der Waals surface area contributed by atoms with Gasteiger partial charge in [-0.25, -0.2) is 0 Å². The second kappa shape index (κ2) is 3.74. The lowest BCUT2D eigenvalue weighted by Gasteiger charge is -2.05. The second-order valence-corrected chi connectivity index (χ2v) is 2.95. The monoisotopic (exact) mass is 169 g/mol. The Morgan fingerprint density at radius 2 is 2.25 bits per heavy atom. The van der Waals surface area contributed by atoms with Crippen LogP contribution in [0, 0.1) is 13.8 Å². The molecule has 1 aromatic heterocycles. The molecule has 0 bridgehead atoms. The minimum atomic E-state index is -0.151. The third-order valence-electron chi connectivity index (χ3n) is 1.90. The molecule has 0 saturated heterocycles. The van der Waals surface area contributed by atoms with E-state index in [4.69, 9.17) is 14.9 Å². The Bertz CT molecular complexity index is 236. The molecule has 0 aliphatic heterocycles. The minimum Gasteiger partial charge on any atom is -0.464 e. The molecule has 0 aromatic carbocycles. The Balaban J connectivity index is 2.74. The number of furan rings is 1. The van der Waals surface area contributed by atoms with Crippen molar-refractivity contribution in [2.75, 3.05) is 13.7 Å². The Hall–Kier alpha value is -0.800. The van der Waals surface area contributed by atoms with Crippen molar-refractivity contribution in [1.29, 1.82) is 0 Å². The van der Waals surface area contributed by atoms with E-state index in [0.717, 1.165) is 17.1 Å². The van der Waals surface area contributed by atoms with Crippen molar-refractivity contribution in [2.24, 2.45) is 5.73 Å². The molecule has 0 amide bonds. The summed E-state index contributed by atoms with van der Waals surface area (Å²) in [5, 5.41) is 0. The zero-order chi connectivity index (χ0) is 9.14. The zero-order valence-corrected chi connectivity index (χ0v) is 7.76. The standard InChI is InChI=1S/C9H15NO2/c1-6-4-9(12-7(6)2)8(10)5-11-3/h4,8H,5,10H2,1-3H3. The first-order valence-electron chi connectivity index (χ1n) is 3.96. The van der Waals surface area contributed by atoms with E-state index >= 15 is 0 Å². The van der Waals surface area contributed by atoms with Crippen molar-refractivity contribution in [3.63, 3.8) is 0 Å². The molecular formula is C9H15NO2. The summed E-state index contributed by atoms with van der Waals surface area (Å²) in [5.74, 6) is 1.73. The molecule has 3 nitrogen and oxygen atoms in total. The van der Waals surface area contributed by atoms with Gasteiger partial charge in [0, 0.05) is 7.11 Å². The molecular weight excluding hydrogens is 154 g/mol. The lowest BCUT2D eigenvalue weighted by Crippen LogP contribution is -2.15. The quantitative estimate of drug-likeness (QED) is 0.746. The van der Waals surface area contributed by atoms with E-state index in [-0.39, 0.29) is 6.04 Å². The lowest BCUT2D eigenvalue weighted by atomic mass is 10.2. The Morgan fingerprint density at radius 1 is 1.58 bits per heavy atom. The lowest BCUT2D eigenvalue weighted by molar-refractivity contribution is 0.172. The highest BCUT2D eigenvalue weighted by Crippen LogP contribution is 2.18. The molecule has 68 valence electrons. The third kappa shape index (κ3) is 1.87. The fourth-order valence-corrected chi connectivity index (χ4v) is 1.05. The van der Waals surface area contributed by atoms with Crippen LogP contribution in [-0.2, 0) is 4.74 Å². The third-order valence-corrected chi connectivity index (χ3v) is 1.90. The Morgan fingerprint density at radius 3 is 2.67 bits per heavy atom. The first-order chi connectivity index (χ1) is 5.65. The van der Waals surface area contributed by atoms with E-state index in [1.54, 1.807) is 7.11 Å². The molecule has 0 saturated carbocycles. The second-order valence-electron chi connectivity index (χ2n) is 2.95. The van der Waals surface area contributed by atoms with E-state index in [1.165, 1.54) is 0 Å². The van der Waals surface area contributed by atoms with Gasteiger partial charge in [-0.15, -0.1) is 0 Å². The van der Waals surface area contributed by atoms with Crippen LogP contribution in [0.15, 0.2) is 10.5 Å². The predicted octanol–water partition coefficient (Wildman–Crippen LogP) is 1.54. The number of hydrogen-bond acceptors (Lipinski definition) is 3. The van der Waals surface area contributed by atoms with Gasteiger partial charge in [-0.2, -0.15) is 0 Å². The summed E-state index contributed by atoms with van der Waals surface area (Å²) in [4.78, 5) is 0. The summed E-state index contributed by atoms with van der Waals surface area (Å²) < 4.78 is 10.3. The predicted molar refractivity (Wildman–Crippen MR) is 47.0 cm³/mol. The van der Waals surface area contributed by atoms with Crippen LogP contribution in [0.1, 0.15) is 23.1 Å². The topological polar surface area (TPSA) is 48.4 Å². The molecule has 0 radical (unpaired) electrons. The van der Waals surface area contributed by atoms with Crippen molar-refractivity contribution in [2.45, 2.75) is 19.9 Å². The van der Waals surface area contributed by atoms with Gasteiger partial charge in [0.2, 0.25) is 0 Å². The maximum atomic E-state index is 5.77. The van der Waals surface area contributed by atoms with Crippen molar-refractivity contribution >= 4 is 0 Å². The number of nitrogens with two attached hydrogens (primary N) is 1. The zero-order valence-electron chi connectivity index (χ0n) is 7.76. The summed E-state index contributed by atoms with van der Waals surface area (Å²) in [7, 11) is 1.63. The van der Waals surface area contributed by atoms with Gasteiger partial charge in [-0.05, 0) is 25.5 Å². The van der Waals surface area contributed by atoms with Gasteiger partial charge in [0.1, 0.15) is 11.5 Å². The molecule has 2 N–H and O–H groups in total. The Labute approximate surface area is 72.5 Å². The van der Waals surface area contributed by atoms with E-state index in [9.17, 15) is 0 Å². The number of ether oxygens (including phenoxy) is 1. The largest absolute Gasteiger partial charge is 0.464 e. The molecule has 1 rings (SSSR count). The van der Waals surface area contributed by atoms with E-state index in [0.29, 0.717) is 6.61 Å². The first kappa shape index (κ1) is 9.29. The fourth-order valence-electron chi connectivity index (χ4n) is 1.05. The van der Waals surface area contributed by atoms with E-state index in [1.807, 2.05) is 19.9 Å². The minimum absolute atomic E-state index is 0.151. The highest BCUT2D eigenvalue weighted by molar-refractivity contribution is 5.20. The summed E-state index contributed by atoms with van der Waals surface area (Å²) in [5.41, 5.74) is 6.90. The van der Waals surface area contributed by atoms with Crippen molar-refractivity contribution in [3.05, 3.63) is 23.2 Å². The van der Waals surface area contributed by atoms with Crippen LogP contribution >= 0.6 is 0 Å². The number of aryl methyl sites for hydroxylation is 2. The van der Waals surface area contributed by atoms with Gasteiger partial charge >= 0.3 is 0 Å². The molecule has 3 heteroatoms. The maximum Gasteiger partial charge on any atom is 0.123 e. The highest BCUT2D eigenvalue weighted by atomic mass is 16.5. The van der Waals surface area contributed by atoms with Gasteiger partial charge in [0.25, 0.3) is 0 Å². The fraction of sp³-hybridized carbons (Fsp3) is 0.556. The van der Waals surface area contributed by atoms with Crippen LogP contribution in [0.5, 0.6) is 0 Å². The number of methoxy groups -OCH3 is 1. The molecule has 0 aliphatic rings. The highest BCUT2D eigenvalue weighted by Gasteiger charge is 2.11. The van der Waals surface area contributed by atoms with Gasteiger partial charge in [-0.1, -0.05) is 0 Å². The van der Waals surface area contributed by atoms with Crippen molar-refractivity contribution in [1.82, 2.24) is 0 Å². The molecule has 1 unspecified atom stereocenters. The molecule has 1 heterocycles. The summed E-state index contributed by atoms with van der Waals surface area (Å²) in [6.45, 7) is 4.42. The van der Waals surface area contributed by atoms with Crippen LogP contribution in [0.2, 0.25) is 0 Å². The molecule has 1 atom stereocenters. The average molecular weight is 169 g/mol. The molecule has 1 aromatic rings.